The molecule has 0 spiro atoms. The minimum Gasteiger partial charge on any atom is -0.317 e. The number of anilines is 1. The summed E-state index contributed by atoms with van der Waals surface area (Å²) in [6.45, 7) is 1.48. The number of nitrogens with one attached hydrogen (secondary N) is 1. The molecule has 0 aliphatic carbocycles. The molecule has 1 aromatic carbocycles. The number of carbonyl (C=O) groups is 1. The molecule has 1 N–H and O–H groups in total. The van der Waals surface area contributed by atoms with Crippen LogP contribution in [0.15, 0.2) is 30.5 Å². The van der Waals surface area contributed by atoms with Gasteiger partial charge < -0.3 is 5.32 Å². The topological polar surface area (TPSA) is 42.0 Å². The van der Waals surface area contributed by atoms with E-state index in [-0.39, 0.29) is 16.3 Å². The number of pyridine rings is 1. The van der Waals surface area contributed by atoms with Gasteiger partial charge in [-0.15, -0.1) is 0 Å². The van der Waals surface area contributed by atoms with Crippen LogP contribution in [-0.4, -0.2) is 10.9 Å². The first kappa shape index (κ1) is 13.4. The zero-order valence-corrected chi connectivity index (χ0v) is 10.6. The third-order valence-electron chi connectivity index (χ3n) is 2.51. The van der Waals surface area contributed by atoms with E-state index in [1.807, 2.05) is 0 Å². The van der Waals surface area contributed by atoms with Crippen molar-refractivity contribution in [3.63, 3.8) is 0 Å². The Bertz CT molecular complexity index is 647. The summed E-state index contributed by atoms with van der Waals surface area (Å²) in [5, 5.41) is 2.31. The molecule has 0 fully saturated rings. The molecule has 1 aromatic heterocycles. The predicted octanol–water partition coefficient (Wildman–Crippen LogP) is 3.57. The molecule has 19 heavy (non-hydrogen) atoms. The Balaban J connectivity index is 2.32. The van der Waals surface area contributed by atoms with Crippen molar-refractivity contribution < 1.29 is 13.6 Å². The Morgan fingerprint density at radius 2 is 2.05 bits per heavy atom. The van der Waals surface area contributed by atoms with Gasteiger partial charge in [0.15, 0.2) is 5.82 Å². The normalized spacial score (nSPS) is 10.3. The van der Waals surface area contributed by atoms with E-state index in [2.05, 4.69) is 10.3 Å². The molecule has 1 heterocycles. The lowest BCUT2D eigenvalue weighted by Crippen LogP contribution is -2.15. The molecule has 0 saturated carbocycles. The van der Waals surface area contributed by atoms with E-state index in [0.717, 1.165) is 6.07 Å². The van der Waals surface area contributed by atoms with Crippen LogP contribution < -0.4 is 5.32 Å². The highest BCUT2D eigenvalue weighted by Gasteiger charge is 2.15. The lowest BCUT2D eigenvalue weighted by molar-refractivity contribution is 0.102. The summed E-state index contributed by atoms with van der Waals surface area (Å²) in [7, 11) is 0. The molecule has 0 bridgehead atoms. The number of halogens is 3. The van der Waals surface area contributed by atoms with E-state index in [1.165, 1.54) is 31.3 Å². The third kappa shape index (κ3) is 2.88. The van der Waals surface area contributed by atoms with Crippen LogP contribution in [0, 0.1) is 18.6 Å². The fourth-order valence-electron chi connectivity index (χ4n) is 1.50. The molecule has 0 aliphatic rings. The first-order chi connectivity index (χ1) is 8.99. The van der Waals surface area contributed by atoms with Gasteiger partial charge in [0.05, 0.1) is 0 Å². The second-order valence-corrected chi connectivity index (χ2v) is 4.26. The van der Waals surface area contributed by atoms with E-state index >= 15 is 0 Å². The molecular formula is C13H9ClF2N2O. The minimum absolute atomic E-state index is 0.123. The number of hydrogen-bond donors (Lipinski definition) is 1. The summed E-state index contributed by atoms with van der Waals surface area (Å²) in [5.74, 6) is -2.29. The van der Waals surface area contributed by atoms with Crippen molar-refractivity contribution in [1.82, 2.24) is 4.98 Å². The van der Waals surface area contributed by atoms with Crippen LogP contribution >= 0.6 is 11.6 Å². The summed E-state index contributed by atoms with van der Waals surface area (Å²) < 4.78 is 27.2. The summed E-state index contributed by atoms with van der Waals surface area (Å²) in [5.41, 5.74) is -0.0669. The highest BCUT2D eigenvalue weighted by molar-refractivity contribution is 6.29. The largest absolute Gasteiger partial charge is 0.317 e. The van der Waals surface area contributed by atoms with E-state index in [9.17, 15) is 13.6 Å². The predicted molar refractivity (Wildman–Crippen MR) is 68.3 cm³/mol. The number of aromatic nitrogens is 1. The highest BCUT2D eigenvalue weighted by Crippen LogP contribution is 2.22. The maximum absolute atomic E-state index is 13.7. The summed E-state index contributed by atoms with van der Waals surface area (Å²) in [6, 6.07) is 5.09. The van der Waals surface area contributed by atoms with Crippen LogP contribution in [0.4, 0.5) is 14.5 Å². The van der Waals surface area contributed by atoms with Crippen LogP contribution in [0.3, 0.4) is 0 Å². The zero-order valence-electron chi connectivity index (χ0n) is 9.88. The van der Waals surface area contributed by atoms with Crippen molar-refractivity contribution in [3.8, 4) is 0 Å². The van der Waals surface area contributed by atoms with Gasteiger partial charge in [-0.1, -0.05) is 17.7 Å². The highest BCUT2D eigenvalue weighted by atomic mass is 35.5. The Hall–Kier alpha value is -2.01. The van der Waals surface area contributed by atoms with Crippen LogP contribution in [0.5, 0.6) is 0 Å². The van der Waals surface area contributed by atoms with Gasteiger partial charge in [0.1, 0.15) is 16.7 Å². The SMILES string of the molecule is Cc1ccc(F)c(NC(=O)c2ccnc(Cl)c2)c1F. The Morgan fingerprint density at radius 3 is 2.74 bits per heavy atom. The number of carbonyl (C=O) groups excluding carboxylic acids is 1. The van der Waals surface area contributed by atoms with E-state index in [4.69, 9.17) is 11.6 Å². The van der Waals surface area contributed by atoms with Crippen molar-refractivity contribution in [3.05, 3.63) is 58.4 Å². The minimum atomic E-state index is -0.836. The van der Waals surface area contributed by atoms with Crippen molar-refractivity contribution in [2.75, 3.05) is 5.32 Å². The van der Waals surface area contributed by atoms with Crippen LogP contribution in [0.25, 0.3) is 0 Å². The average Bonchev–Trinajstić information content (AvgIpc) is 2.39. The number of rotatable bonds is 2. The summed E-state index contributed by atoms with van der Waals surface area (Å²) in [4.78, 5) is 15.6. The fraction of sp³-hybridized carbons (Fsp3) is 0.0769. The first-order valence-corrected chi connectivity index (χ1v) is 5.74. The molecule has 2 rings (SSSR count). The molecule has 0 aliphatic heterocycles. The van der Waals surface area contributed by atoms with E-state index in [1.54, 1.807) is 0 Å². The van der Waals surface area contributed by atoms with E-state index in [0.29, 0.717) is 0 Å². The van der Waals surface area contributed by atoms with Crippen molar-refractivity contribution in [2.24, 2.45) is 0 Å². The Morgan fingerprint density at radius 1 is 1.32 bits per heavy atom. The lowest BCUT2D eigenvalue weighted by Gasteiger charge is -2.09. The molecule has 1 amide bonds. The molecule has 0 unspecified atom stereocenters. The molecule has 6 heteroatoms. The first-order valence-electron chi connectivity index (χ1n) is 5.36. The van der Waals surface area contributed by atoms with Gasteiger partial charge in [-0.3, -0.25) is 4.79 Å². The number of hydrogen-bond acceptors (Lipinski definition) is 2. The van der Waals surface area contributed by atoms with E-state index < -0.39 is 23.2 Å². The lowest BCUT2D eigenvalue weighted by atomic mass is 10.2. The number of nitrogens with zero attached hydrogens (tertiary/aromatic N) is 1. The van der Waals surface area contributed by atoms with Gasteiger partial charge >= 0.3 is 0 Å². The second kappa shape index (κ2) is 5.32. The molecular weight excluding hydrogens is 274 g/mol. The van der Waals surface area contributed by atoms with Gasteiger partial charge in [0.25, 0.3) is 5.91 Å². The number of aryl methyl sites for hydroxylation is 1. The molecule has 0 atom stereocenters. The van der Waals surface area contributed by atoms with Gasteiger partial charge in [-0.2, -0.15) is 0 Å². The van der Waals surface area contributed by atoms with Crippen molar-refractivity contribution >= 4 is 23.2 Å². The average molecular weight is 283 g/mol. The third-order valence-corrected chi connectivity index (χ3v) is 2.72. The van der Waals surface area contributed by atoms with Crippen LogP contribution in [0.1, 0.15) is 15.9 Å². The molecule has 3 nitrogen and oxygen atoms in total. The van der Waals surface area contributed by atoms with Gasteiger partial charge in [0, 0.05) is 11.8 Å². The number of amides is 1. The molecule has 98 valence electrons. The standard InChI is InChI=1S/C13H9ClF2N2O/c1-7-2-3-9(15)12(11(7)16)18-13(19)8-4-5-17-10(14)6-8/h2-6H,1H3,(H,18,19). The molecule has 0 saturated heterocycles. The Labute approximate surface area is 113 Å². The quantitative estimate of drug-likeness (QED) is 0.856. The zero-order chi connectivity index (χ0) is 14.0. The second-order valence-electron chi connectivity index (χ2n) is 3.87. The number of benzene rings is 1. The summed E-state index contributed by atoms with van der Waals surface area (Å²) >= 11 is 5.64. The van der Waals surface area contributed by atoms with Crippen LogP contribution in [0.2, 0.25) is 5.15 Å². The van der Waals surface area contributed by atoms with Crippen molar-refractivity contribution in [1.29, 1.82) is 0 Å². The monoisotopic (exact) mass is 282 g/mol. The van der Waals surface area contributed by atoms with Gasteiger partial charge in [0.2, 0.25) is 0 Å². The smallest absolute Gasteiger partial charge is 0.255 e. The van der Waals surface area contributed by atoms with Gasteiger partial charge in [-0.05, 0) is 30.7 Å². The maximum Gasteiger partial charge on any atom is 0.255 e. The van der Waals surface area contributed by atoms with Gasteiger partial charge in [-0.25, -0.2) is 13.8 Å². The summed E-state index contributed by atoms with van der Waals surface area (Å²) in [6.07, 6.45) is 1.33. The molecule has 0 radical (unpaired) electrons. The van der Waals surface area contributed by atoms with Crippen molar-refractivity contribution in [2.45, 2.75) is 6.92 Å². The Kier molecular flexibility index (Phi) is 3.76. The maximum atomic E-state index is 13.7. The molecule has 2 aromatic rings. The van der Waals surface area contributed by atoms with Crippen LogP contribution in [-0.2, 0) is 0 Å². The fourth-order valence-corrected chi connectivity index (χ4v) is 1.67.